The van der Waals surface area contributed by atoms with Gasteiger partial charge in [0.15, 0.2) is 0 Å². The van der Waals surface area contributed by atoms with E-state index in [0.29, 0.717) is 18.5 Å². The molecule has 4 nitrogen and oxygen atoms in total. The number of hydrogen-bond donors (Lipinski definition) is 2. The molecule has 0 saturated carbocycles. The summed E-state index contributed by atoms with van der Waals surface area (Å²) in [6.45, 7) is 3.04. The molecule has 0 aromatic heterocycles. The fraction of sp³-hybridized carbons (Fsp3) is 0.923. The Morgan fingerprint density at radius 1 is 1.67 bits per heavy atom. The minimum atomic E-state index is 0.137. The fourth-order valence-electron chi connectivity index (χ4n) is 3.03. The van der Waals surface area contributed by atoms with Crippen LogP contribution in [0.3, 0.4) is 0 Å². The molecule has 3 atom stereocenters. The van der Waals surface area contributed by atoms with Gasteiger partial charge in [-0.25, -0.2) is 0 Å². The molecule has 3 N–H and O–H groups in total. The maximum atomic E-state index is 7.42. The average Bonchev–Trinajstić information content (AvgIpc) is 2.75. The number of rotatable bonds is 4. The predicted octanol–water partition coefficient (Wildman–Crippen LogP) is 1.69. The Hall–Kier alpha value is -0.260. The Balaban J connectivity index is 1.93. The molecule has 2 fully saturated rings. The molecule has 2 heterocycles. The van der Waals surface area contributed by atoms with Gasteiger partial charge in [-0.1, -0.05) is 0 Å². The summed E-state index contributed by atoms with van der Waals surface area (Å²) in [6.07, 6.45) is 4.10. The minimum Gasteiger partial charge on any atom is -0.388 e. The van der Waals surface area contributed by atoms with E-state index in [1.54, 1.807) is 0 Å². The van der Waals surface area contributed by atoms with Crippen molar-refractivity contribution in [3.63, 3.8) is 0 Å². The van der Waals surface area contributed by atoms with Crippen LogP contribution >= 0.6 is 11.8 Å². The predicted molar refractivity (Wildman–Crippen MR) is 77.4 cm³/mol. The second kappa shape index (κ2) is 5.80. The molecular weight excluding hydrogens is 246 g/mol. The van der Waals surface area contributed by atoms with Gasteiger partial charge < -0.3 is 15.4 Å². The average molecular weight is 271 g/mol. The highest BCUT2D eigenvalue weighted by atomic mass is 32.2. The fourth-order valence-corrected chi connectivity index (χ4v) is 4.41. The van der Waals surface area contributed by atoms with E-state index in [2.05, 4.69) is 18.9 Å². The zero-order valence-electron chi connectivity index (χ0n) is 11.4. The van der Waals surface area contributed by atoms with Crippen LogP contribution in [0.25, 0.3) is 0 Å². The van der Waals surface area contributed by atoms with Gasteiger partial charge in [0.05, 0.1) is 11.4 Å². The highest BCUT2D eigenvalue weighted by Crippen LogP contribution is 2.39. The van der Waals surface area contributed by atoms with Gasteiger partial charge in [0.1, 0.15) is 0 Å². The van der Waals surface area contributed by atoms with Crippen LogP contribution in [0.1, 0.15) is 32.6 Å². The lowest BCUT2D eigenvalue weighted by molar-refractivity contribution is -0.0901. The molecule has 3 unspecified atom stereocenters. The monoisotopic (exact) mass is 271 g/mol. The van der Waals surface area contributed by atoms with Gasteiger partial charge in [-0.2, -0.15) is 11.8 Å². The normalized spacial score (nSPS) is 34.1. The van der Waals surface area contributed by atoms with Gasteiger partial charge in [-0.3, -0.25) is 5.41 Å². The van der Waals surface area contributed by atoms with Crippen LogP contribution in [0, 0.1) is 5.41 Å². The van der Waals surface area contributed by atoms with Gasteiger partial charge in [0.2, 0.25) is 0 Å². The summed E-state index contributed by atoms with van der Waals surface area (Å²) in [5, 5.41) is 7.42. The van der Waals surface area contributed by atoms with Crippen molar-refractivity contribution in [3.05, 3.63) is 0 Å². The lowest BCUT2D eigenvalue weighted by atomic mass is 9.88. The van der Waals surface area contributed by atoms with Crippen LogP contribution in [0.5, 0.6) is 0 Å². The van der Waals surface area contributed by atoms with Crippen LogP contribution in [0.15, 0.2) is 0 Å². The third-order valence-corrected chi connectivity index (χ3v) is 5.54. The molecule has 0 aromatic carbocycles. The zero-order valence-corrected chi connectivity index (χ0v) is 12.3. The van der Waals surface area contributed by atoms with Crippen molar-refractivity contribution in [2.24, 2.45) is 5.73 Å². The lowest BCUT2D eigenvalue weighted by Crippen LogP contribution is -2.50. The number of nitrogens with one attached hydrogen (secondary N) is 1. The molecule has 0 aliphatic carbocycles. The summed E-state index contributed by atoms with van der Waals surface area (Å²) >= 11 is 2.01. The molecule has 0 radical (unpaired) electrons. The van der Waals surface area contributed by atoms with E-state index in [9.17, 15) is 0 Å². The van der Waals surface area contributed by atoms with Crippen LogP contribution < -0.4 is 5.73 Å². The molecule has 104 valence electrons. The van der Waals surface area contributed by atoms with E-state index in [0.717, 1.165) is 25.2 Å². The van der Waals surface area contributed by atoms with E-state index in [1.807, 2.05) is 11.8 Å². The summed E-state index contributed by atoms with van der Waals surface area (Å²) in [6, 6.07) is 0.920. The number of nitrogens with zero attached hydrogens (tertiary/aromatic N) is 1. The van der Waals surface area contributed by atoms with Crippen LogP contribution in [0.2, 0.25) is 0 Å². The third kappa shape index (κ3) is 3.19. The van der Waals surface area contributed by atoms with Crippen molar-refractivity contribution >= 4 is 17.6 Å². The van der Waals surface area contributed by atoms with Crippen LogP contribution in [0.4, 0.5) is 0 Å². The highest BCUT2D eigenvalue weighted by molar-refractivity contribution is 7.99. The second-order valence-electron chi connectivity index (χ2n) is 5.72. The molecule has 2 saturated heterocycles. The SMILES string of the molecule is CC(CC(=N)N)N(C)C1CCOC2(CCSC2)C1. The number of hydrogen-bond acceptors (Lipinski definition) is 4. The molecule has 18 heavy (non-hydrogen) atoms. The Bertz CT molecular complexity index is 305. The van der Waals surface area contributed by atoms with Gasteiger partial charge in [-0.15, -0.1) is 0 Å². The first-order valence-corrected chi connectivity index (χ1v) is 7.94. The molecule has 0 aromatic rings. The van der Waals surface area contributed by atoms with Crippen LogP contribution in [-0.2, 0) is 4.74 Å². The van der Waals surface area contributed by atoms with Gasteiger partial charge in [0, 0.05) is 30.9 Å². The zero-order chi connectivity index (χ0) is 13.2. The number of thioether (sulfide) groups is 1. The summed E-state index contributed by atoms with van der Waals surface area (Å²) in [5.74, 6) is 2.67. The van der Waals surface area contributed by atoms with Gasteiger partial charge in [-0.05, 0) is 39.0 Å². The number of nitrogens with two attached hydrogens (primary N) is 1. The van der Waals surface area contributed by atoms with E-state index < -0.39 is 0 Å². The van der Waals surface area contributed by atoms with E-state index in [4.69, 9.17) is 15.9 Å². The Morgan fingerprint density at radius 3 is 3.06 bits per heavy atom. The van der Waals surface area contributed by atoms with Crippen molar-refractivity contribution in [1.29, 1.82) is 5.41 Å². The lowest BCUT2D eigenvalue weighted by Gasteiger charge is -2.43. The minimum absolute atomic E-state index is 0.137. The smallest absolute Gasteiger partial charge is 0.0920 e. The van der Waals surface area contributed by atoms with E-state index in [-0.39, 0.29) is 11.4 Å². The maximum absolute atomic E-state index is 7.42. The molecule has 2 aliphatic heterocycles. The van der Waals surface area contributed by atoms with Gasteiger partial charge >= 0.3 is 0 Å². The first-order valence-electron chi connectivity index (χ1n) is 6.79. The van der Waals surface area contributed by atoms with Crippen molar-refractivity contribution in [2.45, 2.75) is 50.3 Å². The van der Waals surface area contributed by atoms with Crippen molar-refractivity contribution in [3.8, 4) is 0 Å². The van der Waals surface area contributed by atoms with Crippen molar-refractivity contribution in [1.82, 2.24) is 4.90 Å². The molecule has 2 aliphatic rings. The first-order chi connectivity index (χ1) is 8.52. The molecule has 0 bridgehead atoms. The topological polar surface area (TPSA) is 62.3 Å². The largest absolute Gasteiger partial charge is 0.388 e. The summed E-state index contributed by atoms with van der Waals surface area (Å²) in [7, 11) is 2.17. The Morgan fingerprint density at radius 2 is 2.44 bits per heavy atom. The summed E-state index contributed by atoms with van der Waals surface area (Å²) in [5.41, 5.74) is 5.64. The maximum Gasteiger partial charge on any atom is 0.0920 e. The standard InChI is InChI=1S/C13H25N3OS/c1-10(7-12(14)15)16(2)11-3-5-17-13(8-11)4-6-18-9-13/h10-11H,3-9H2,1-2H3,(H3,14,15). The molecule has 5 heteroatoms. The van der Waals surface area contributed by atoms with E-state index in [1.165, 1.54) is 12.2 Å². The first kappa shape index (κ1) is 14.2. The van der Waals surface area contributed by atoms with Gasteiger partial charge in [0.25, 0.3) is 0 Å². The van der Waals surface area contributed by atoms with Crippen molar-refractivity contribution in [2.75, 3.05) is 25.2 Å². The van der Waals surface area contributed by atoms with Crippen molar-refractivity contribution < 1.29 is 4.74 Å². The second-order valence-corrected chi connectivity index (χ2v) is 6.83. The quantitative estimate of drug-likeness (QED) is 0.603. The molecule has 1 spiro atoms. The highest BCUT2D eigenvalue weighted by Gasteiger charge is 2.41. The Labute approximate surface area is 114 Å². The third-order valence-electron chi connectivity index (χ3n) is 4.32. The Kier molecular flexibility index (Phi) is 4.56. The van der Waals surface area contributed by atoms with Crippen LogP contribution in [-0.4, -0.2) is 53.6 Å². The molecule has 0 amide bonds. The van der Waals surface area contributed by atoms with E-state index >= 15 is 0 Å². The summed E-state index contributed by atoms with van der Waals surface area (Å²) < 4.78 is 6.05. The molecular formula is C13H25N3OS. The summed E-state index contributed by atoms with van der Waals surface area (Å²) in [4.78, 5) is 2.40. The number of ether oxygens (including phenoxy) is 1. The number of amidine groups is 1. The molecule has 2 rings (SSSR count).